The molecule has 0 atom stereocenters. The van der Waals surface area contributed by atoms with Crippen molar-refractivity contribution in [3.8, 4) is 0 Å². The van der Waals surface area contributed by atoms with Crippen LogP contribution >= 0.6 is 0 Å². The SMILES string of the molecule is O=[N+]([O-])c1cccc2oc(NC(C3CC3)C3CC3)nc12. The number of fused-ring (bicyclic) bond motifs is 1. The minimum Gasteiger partial charge on any atom is -0.423 e. The molecule has 0 saturated heterocycles. The smallest absolute Gasteiger partial charge is 0.298 e. The van der Waals surface area contributed by atoms with E-state index in [0.29, 0.717) is 35.0 Å². The number of para-hydroxylation sites is 1. The van der Waals surface area contributed by atoms with Crippen LogP contribution in [0.5, 0.6) is 0 Å². The van der Waals surface area contributed by atoms with Crippen LogP contribution in [0.3, 0.4) is 0 Å². The Hall–Kier alpha value is -2.11. The fraction of sp³-hybridized carbons (Fsp3) is 0.500. The highest BCUT2D eigenvalue weighted by atomic mass is 16.6. The first-order chi connectivity index (χ1) is 9.72. The lowest BCUT2D eigenvalue weighted by Gasteiger charge is -2.15. The van der Waals surface area contributed by atoms with Crippen LogP contribution < -0.4 is 5.32 Å². The van der Waals surface area contributed by atoms with Gasteiger partial charge >= 0.3 is 0 Å². The molecule has 1 heterocycles. The zero-order chi connectivity index (χ0) is 13.7. The molecule has 0 aliphatic heterocycles. The van der Waals surface area contributed by atoms with Gasteiger partial charge in [0.2, 0.25) is 0 Å². The van der Waals surface area contributed by atoms with Gasteiger partial charge in [0.15, 0.2) is 11.1 Å². The Balaban J connectivity index is 1.66. The molecule has 1 N–H and O–H groups in total. The fourth-order valence-corrected chi connectivity index (χ4v) is 2.82. The van der Waals surface area contributed by atoms with Gasteiger partial charge in [0, 0.05) is 12.1 Å². The highest BCUT2D eigenvalue weighted by Crippen LogP contribution is 2.46. The third kappa shape index (κ3) is 2.01. The number of nitrogens with zero attached hydrogens (tertiary/aromatic N) is 2. The minimum absolute atomic E-state index is 0.00584. The predicted octanol–water partition coefficient (Wildman–Crippen LogP) is 3.34. The van der Waals surface area contributed by atoms with Gasteiger partial charge in [-0.25, -0.2) is 0 Å². The molecule has 2 fully saturated rings. The molecule has 104 valence electrons. The van der Waals surface area contributed by atoms with Crippen molar-refractivity contribution in [2.24, 2.45) is 11.8 Å². The van der Waals surface area contributed by atoms with E-state index in [2.05, 4.69) is 10.3 Å². The quantitative estimate of drug-likeness (QED) is 0.667. The van der Waals surface area contributed by atoms with Crippen LogP contribution in [0.15, 0.2) is 22.6 Å². The van der Waals surface area contributed by atoms with Gasteiger partial charge in [0.05, 0.1) is 4.92 Å². The summed E-state index contributed by atoms with van der Waals surface area (Å²) in [5.74, 6) is 1.43. The van der Waals surface area contributed by atoms with Gasteiger partial charge in [-0.15, -0.1) is 0 Å². The number of non-ortho nitro benzene ring substituents is 1. The summed E-state index contributed by atoms with van der Waals surface area (Å²) in [5, 5.41) is 14.3. The van der Waals surface area contributed by atoms with Gasteiger partial charge in [-0.1, -0.05) is 6.07 Å². The third-order valence-electron chi connectivity index (χ3n) is 4.14. The van der Waals surface area contributed by atoms with Crippen LogP contribution in [0, 0.1) is 22.0 Å². The van der Waals surface area contributed by atoms with E-state index in [-0.39, 0.29) is 5.69 Å². The van der Waals surface area contributed by atoms with E-state index in [1.54, 1.807) is 12.1 Å². The van der Waals surface area contributed by atoms with E-state index < -0.39 is 4.92 Å². The van der Waals surface area contributed by atoms with Crippen LogP contribution in [0.25, 0.3) is 11.1 Å². The first-order valence-electron chi connectivity index (χ1n) is 7.03. The molecule has 0 bridgehead atoms. The number of nitro benzene ring substituents is 1. The lowest BCUT2D eigenvalue weighted by Crippen LogP contribution is -2.24. The third-order valence-corrected chi connectivity index (χ3v) is 4.14. The van der Waals surface area contributed by atoms with Crippen LogP contribution in [-0.4, -0.2) is 15.9 Å². The topological polar surface area (TPSA) is 81.2 Å². The molecule has 4 rings (SSSR count). The second-order valence-electron chi connectivity index (χ2n) is 5.74. The zero-order valence-corrected chi connectivity index (χ0v) is 10.9. The monoisotopic (exact) mass is 273 g/mol. The molecule has 2 aromatic rings. The number of benzene rings is 1. The summed E-state index contributed by atoms with van der Waals surface area (Å²) in [5.41, 5.74) is 0.783. The van der Waals surface area contributed by atoms with Crippen molar-refractivity contribution in [3.05, 3.63) is 28.3 Å². The van der Waals surface area contributed by atoms with Crippen LogP contribution in [0.2, 0.25) is 0 Å². The van der Waals surface area contributed by atoms with Crippen LogP contribution in [0.1, 0.15) is 25.7 Å². The Bertz CT molecular complexity index is 661. The number of rotatable bonds is 5. The summed E-state index contributed by atoms with van der Waals surface area (Å²) in [6.45, 7) is 0. The van der Waals surface area contributed by atoms with E-state index in [1.807, 2.05) is 0 Å². The molecule has 0 amide bonds. The summed E-state index contributed by atoms with van der Waals surface area (Å²) in [6.07, 6.45) is 5.03. The normalized spacial score (nSPS) is 18.6. The van der Waals surface area contributed by atoms with Crippen molar-refractivity contribution in [1.29, 1.82) is 0 Å². The number of hydrogen-bond donors (Lipinski definition) is 1. The van der Waals surface area contributed by atoms with Crippen molar-refractivity contribution in [1.82, 2.24) is 4.98 Å². The molecular formula is C14H15N3O3. The molecule has 0 unspecified atom stereocenters. The first-order valence-corrected chi connectivity index (χ1v) is 7.03. The van der Waals surface area contributed by atoms with Gasteiger partial charge in [0.1, 0.15) is 0 Å². The van der Waals surface area contributed by atoms with E-state index in [1.165, 1.54) is 31.7 Å². The van der Waals surface area contributed by atoms with Crippen molar-refractivity contribution in [2.45, 2.75) is 31.7 Å². The summed E-state index contributed by atoms with van der Waals surface area (Å²) in [4.78, 5) is 14.8. The number of anilines is 1. The van der Waals surface area contributed by atoms with E-state index in [9.17, 15) is 10.1 Å². The summed E-state index contributed by atoms with van der Waals surface area (Å²) >= 11 is 0. The lowest BCUT2D eigenvalue weighted by atomic mass is 10.1. The van der Waals surface area contributed by atoms with Crippen molar-refractivity contribution in [2.75, 3.05) is 5.32 Å². The van der Waals surface area contributed by atoms with Gasteiger partial charge in [-0.3, -0.25) is 10.1 Å². The molecule has 6 heteroatoms. The fourth-order valence-electron chi connectivity index (χ4n) is 2.82. The number of hydrogen-bond acceptors (Lipinski definition) is 5. The molecule has 0 radical (unpaired) electrons. The van der Waals surface area contributed by atoms with Crippen LogP contribution in [0.4, 0.5) is 11.7 Å². The van der Waals surface area contributed by atoms with E-state index >= 15 is 0 Å². The van der Waals surface area contributed by atoms with Gasteiger partial charge in [-0.2, -0.15) is 4.98 Å². The molecule has 1 aromatic carbocycles. The molecular weight excluding hydrogens is 258 g/mol. The van der Waals surface area contributed by atoms with Crippen molar-refractivity contribution >= 4 is 22.8 Å². The summed E-state index contributed by atoms with van der Waals surface area (Å²) < 4.78 is 5.62. The number of oxazole rings is 1. The second-order valence-corrected chi connectivity index (χ2v) is 5.74. The largest absolute Gasteiger partial charge is 0.423 e. The van der Waals surface area contributed by atoms with Gasteiger partial charge in [0.25, 0.3) is 11.7 Å². The first kappa shape index (κ1) is 11.7. The van der Waals surface area contributed by atoms with E-state index in [0.717, 1.165) is 0 Å². The average molecular weight is 273 g/mol. The Morgan fingerprint density at radius 1 is 1.30 bits per heavy atom. The van der Waals surface area contributed by atoms with E-state index in [4.69, 9.17) is 4.42 Å². The zero-order valence-electron chi connectivity index (χ0n) is 10.9. The Kier molecular flexibility index (Phi) is 2.45. The van der Waals surface area contributed by atoms with Gasteiger partial charge in [-0.05, 0) is 43.6 Å². The summed E-state index contributed by atoms with van der Waals surface area (Å²) in [6, 6.07) is 5.62. The minimum atomic E-state index is -0.423. The molecule has 6 nitrogen and oxygen atoms in total. The summed E-state index contributed by atoms with van der Waals surface area (Å²) in [7, 11) is 0. The maximum Gasteiger partial charge on any atom is 0.298 e. The number of nitrogens with one attached hydrogen (secondary N) is 1. The molecule has 2 saturated carbocycles. The standard InChI is InChI=1S/C14H15N3O3/c18-17(19)10-2-1-3-11-13(10)16-14(20-11)15-12(8-4-5-8)9-6-7-9/h1-3,8-9,12H,4-7H2,(H,15,16). The maximum atomic E-state index is 11.0. The van der Waals surface area contributed by atoms with Crippen molar-refractivity contribution < 1.29 is 9.34 Å². The molecule has 1 aromatic heterocycles. The Labute approximate surface area is 115 Å². The molecule has 20 heavy (non-hydrogen) atoms. The highest BCUT2D eigenvalue weighted by Gasteiger charge is 2.42. The maximum absolute atomic E-state index is 11.0. The molecule has 0 spiro atoms. The van der Waals surface area contributed by atoms with Crippen LogP contribution in [-0.2, 0) is 0 Å². The van der Waals surface area contributed by atoms with Crippen molar-refractivity contribution in [3.63, 3.8) is 0 Å². The molecule has 2 aliphatic carbocycles. The lowest BCUT2D eigenvalue weighted by molar-refractivity contribution is -0.383. The van der Waals surface area contributed by atoms with Gasteiger partial charge < -0.3 is 9.73 Å². The average Bonchev–Trinajstić information content (AvgIpc) is 3.32. The number of aromatic nitrogens is 1. The molecule has 2 aliphatic rings. The highest BCUT2D eigenvalue weighted by molar-refractivity contribution is 5.84. The Morgan fingerprint density at radius 3 is 2.60 bits per heavy atom. The Morgan fingerprint density at radius 2 is 2.00 bits per heavy atom. The number of nitro groups is 1. The second kappa shape index (κ2) is 4.19. The predicted molar refractivity (Wildman–Crippen MR) is 73.5 cm³/mol.